The molecule has 0 spiro atoms. The Labute approximate surface area is 93.5 Å². The lowest BCUT2D eigenvalue weighted by molar-refractivity contribution is -0.118. The second kappa shape index (κ2) is 4.52. The van der Waals surface area contributed by atoms with Crippen molar-refractivity contribution in [1.29, 1.82) is 0 Å². The third kappa shape index (κ3) is 2.33. The number of amides is 1. The van der Waals surface area contributed by atoms with E-state index in [-0.39, 0.29) is 12.0 Å². The molecule has 1 amide bonds. The van der Waals surface area contributed by atoms with E-state index in [1.165, 1.54) is 0 Å². The Morgan fingerprint density at radius 2 is 2.56 bits per heavy atom. The SMILES string of the molecule is Cc1[nH]nc(NC(=O)CC2CCCO2)c1N. The fraction of sp³-hybridized carbons (Fsp3) is 0.600. The molecule has 1 aliphatic rings. The summed E-state index contributed by atoms with van der Waals surface area (Å²) in [6, 6.07) is 0. The van der Waals surface area contributed by atoms with Crippen LogP contribution in [0.5, 0.6) is 0 Å². The van der Waals surface area contributed by atoms with Crippen LogP contribution in [0.3, 0.4) is 0 Å². The number of nitrogens with two attached hydrogens (primary N) is 1. The van der Waals surface area contributed by atoms with Gasteiger partial charge < -0.3 is 15.8 Å². The number of anilines is 2. The molecule has 1 unspecified atom stereocenters. The number of hydrogen-bond donors (Lipinski definition) is 3. The summed E-state index contributed by atoms with van der Waals surface area (Å²) in [5.41, 5.74) is 6.96. The first kappa shape index (κ1) is 10.9. The monoisotopic (exact) mass is 224 g/mol. The molecule has 0 saturated carbocycles. The summed E-state index contributed by atoms with van der Waals surface area (Å²) in [7, 11) is 0. The molecule has 1 aliphatic heterocycles. The van der Waals surface area contributed by atoms with E-state index in [9.17, 15) is 4.79 Å². The zero-order chi connectivity index (χ0) is 11.5. The van der Waals surface area contributed by atoms with Crippen LogP contribution < -0.4 is 11.1 Å². The number of aryl methyl sites for hydroxylation is 1. The molecule has 4 N–H and O–H groups in total. The van der Waals surface area contributed by atoms with Crippen molar-refractivity contribution in [2.75, 3.05) is 17.7 Å². The predicted octanol–water partition coefficient (Wildman–Crippen LogP) is 0.808. The maximum atomic E-state index is 11.6. The Bertz CT molecular complexity index is 382. The minimum atomic E-state index is -0.106. The summed E-state index contributed by atoms with van der Waals surface area (Å²) in [6.07, 6.45) is 2.39. The Hall–Kier alpha value is -1.56. The van der Waals surface area contributed by atoms with Crippen LogP contribution in [0, 0.1) is 6.92 Å². The fourth-order valence-electron chi connectivity index (χ4n) is 1.73. The molecule has 2 rings (SSSR count). The zero-order valence-electron chi connectivity index (χ0n) is 9.25. The number of ether oxygens (including phenoxy) is 1. The average molecular weight is 224 g/mol. The number of carbonyl (C=O) groups is 1. The van der Waals surface area contributed by atoms with Crippen LogP contribution in [-0.2, 0) is 9.53 Å². The van der Waals surface area contributed by atoms with Gasteiger partial charge in [0.25, 0.3) is 0 Å². The van der Waals surface area contributed by atoms with Crippen molar-refractivity contribution in [3.05, 3.63) is 5.69 Å². The van der Waals surface area contributed by atoms with Crippen molar-refractivity contribution < 1.29 is 9.53 Å². The summed E-state index contributed by atoms with van der Waals surface area (Å²) in [6.45, 7) is 2.56. The number of aromatic amines is 1. The molecule has 16 heavy (non-hydrogen) atoms. The van der Waals surface area contributed by atoms with Gasteiger partial charge in [-0.25, -0.2) is 0 Å². The second-order valence-electron chi connectivity index (χ2n) is 4.00. The van der Waals surface area contributed by atoms with Crippen molar-refractivity contribution >= 4 is 17.4 Å². The molecule has 0 aliphatic carbocycles. The Morgan fingerprint density at radius 1 is 1.75 bits per heavy atom. The third-order valence-electron chi connectivity index (χ3n) is 2.69. The van der Waals surface area contributed by atoms with Crippen LogP contribution >= 0.6 is 0 Å². The van der Waals surface area contributed by atoms with Gasteiger partial charge in [0, 0.05) is 6.61 Å². The van der Waals surface area contributed by atoms with Gasteiger partial charge in [-0.2, -0.15) is 5.10 Å². The lowest BCUT2D eigenvalue weighted by Gasteiger charge is -2.08. The van der Waals surface area contributed by atoms with Crippen molar-refractivity contribution in [3.8, 4) is 0 Å². The molecule has 1 saturated heterocycles. The van der Waals surface area contributed by atoms with Crippen LogP contribution in [0.15, 0.2) is 0 Å². The van der Waals surface area contributed by atoms with E-state index in [2.05, 4.69) is 15.5 Å². The van der Waals surface area contributed by atoms with E-state index in [0.717, 1.165) is 25.1 Å². The number of nitrogens with zero attached hydrogens (tertiary/aromatic N) is 1. The molecule has 0 bridgehead atoms. The van der Waals surface area contributed by atoms with Crippen molar-refractivity contribution in [3.63, 3.8) is 0 Å². The number of nitrogens with one attached hydrogen (secondary N) is 2. The van der Waals surface area contributed by atoms with E-state index >= 15 is 0 Å². The van der Waals surface area contributed by atoms with Gasteiger partial charge in [-0.05, 0) is 19.8 Å². The first-order valence-corrected chi connectivity index (χ1v) is 5.38. The number of nitrogen functional groups attached to an aromatic ring is 1. The molecule has 1 atom stereocenters. The quantitative estimate of drug-likeness (QED) is 0.708. The van der Waals surface area contributed by atoms with E-state index in [1.54, 1.807) is 6.92 Å². The molecule has 1 aromatic heterocycles. The van der Waals surface area contributed by atoms with E-state index in [4.69, 9.17) is 10.5 Å². The van der Waals surface area contributed by atoms with Gasteiger partial charge in [0.15, 0.2) is 5.82 Å². The van der Waals surface area contributed by atoms with Gasteiger partial charge in [0.2, 0.25) is 5.91 Å². The van der Waals surface area contributed by atoms with Crippen LogP contribution in [0.2, 0.25) is 0 Å². The molecule has 0 aromatic carbocycles. The number of aromatic nitrogens is 2. The van der Waals surface area contributed by atoms with E-state index < -0.39 is 0 Å². The summed E-state index contributed by atoms with van der Waals surface area (Å²) in [4.78, 5) is 11.6. The highest BCUT2D eigenvalue weighted by Crippen LogP contribution is 2.20. The fourth-order valence-corrected chi connectivity index (χ4v) is 1.73. The van der Waals surface area contributed by atoms with E-state index in [1.807, 2.05) is 0 Å². The maximum absolute atomic E-state index is 11.6. The average Bonchev–Trinajstić information content (AvgIpc) is 2.83. The summed E-state index contributed by atoms with van der Waals surface area (Å²) < 4.78 is 5.38. The Kier molecular flexibility index (Phi) is 3.09. The molecule has 2 heterocycles. The van der Waals surface area contributed by atoms with E-state index in [0.29, 0.717) is 17.9 Å². The minimum absolute atomic E-state index is 0.0428. The van der Waals surface area contributed by atoms with Gasteiger partial charge >= 0.3 is 0 Å². The predicted molar refractivity (Wildman–Crippen MR) is 60.0 cm³/mol. The van der Waals surface area contributed by atoms with Gasteiger partial charge in [0.1, 0.15) is 0 Å². The molecule has 6 heteroatoms. The highest BCUT2D eigenvalue weighted by atomic mass is 16.5. The van der Waals surface area contributed by atoms with Crippen molar-refractivity contribution in [1.82, 2.24) is 10.2 Å². The summed E-state index contributed by atoms with van der Waals surface area (Å²) in [5, 5.41) is 9.29. The highest BCUT2D eigenvalue weighted by molar-refractivity contribution is 5.93. The lowest BCUT2D eigenvalue weighted by Crippen LogP contribution is -2.19. The van der Waals surface area contributed by atoms with Gasteiger partial charge in [-0.15, -0.1) is 0 Å². The first-order chi connectivity index (χ1) is 7.66. The molecule has 88 valence electrons. The minimum Gasteiger partial charge on any atom is -0.394 e. The zero-order valence-corrected chi connectivity index (χ0v) is 9.25. The van der Waals surface area contributed by atoms with Crippen LogP contribution in [0.1, 0.15) is 25.0 Å². The van der Waals surface area contributed by atoms with Crippen LogP contribution in [0.4, 0.5) is 11.5 Å². The molecule has 6 nitrogen and oxygen atoms in total. The number of rotatable bonds is 3. The highest BCUT2D eigenvalue weighted by Gasteiger charge is 2.20. The van der Waals surface area contributed by atoms with Crippen LogP contribution in [0.25, 0.3) is 0 Å². The van der Waals surface area contributed by atoms with Crippen LogP contribution in [-0.4, -0.2) is 28.8 Å². The topological polar surface area (TPSA) is 93.0 Å². The third-order valence-corrected chi connectivity index (χ3v) is 2.69. The smallest absolute Gasteiger partial charge is 0.228 e. The number of carbonyl (C=O) groups excluding carboxylic acids is 1. The Balaban J connectivity index is 1.89. The normalized spacial score (nSPS) is 19.9. The number of hydrogen-bond acceptors (Lipinski definition) is 4. The van der Waals surface area contributed by atoms with Gasteiger partial charge in [-0.1, -0.05) is 0 Å². The van der Waals surface area contributed by atoms with Gasteiger partial charge in [-0.3, -0.25) is 9.89 Å². The molecular weight excluding hydrogens is 208 g/mol. The summed E-state index contributed by atoms with van der Waals surface area (Å²) >= 11 is 0. The standard InChI is InChI=1S/C10H16N4O2/c1-6-9(11)10(14-13-6)12-8(15)5-7-3-2-4-16-7/h7H,2-5,11H2,1H3,(H2,12,13,14,15). The molecule has 0 radical (unpaired) electrons. The molecule has 1 aromatic rings. The molecule has 1 fully saturated rings. The largest absolute Gasteiger partial charge is 0.394 e. The summed E-state index contributed by atoms with van der Waals surface area (Å²) in [5.74, 6) is 0.297. The Morgan fingerprint density at radius 3 is 3.12 bits per heavy atom. The first-order valence-electron chi connectivity index (χ1n) is 5.38. The number of H-pyrrole nitrogens is 1. The second-order valence-corrected chi connectivity index (χ2v) is 4.00. The lowest BCUT2D eigenvalue weighted by atomic mass is 10.2. The maximum Gasteiger partial charge on any atom is 0.228 e. The van der Waals surface area contributed by atoms with Crippen molar-refractivity contribution in [2.45, 2.75) is 32.3 Å². The molecular formula is C10H16N4O2. The van der Waals surface area contributed by atoms with Crippen molar-refractivity contribution in [2.24, 2.45) is 0 Å². The van der Waals surface area contributed by atoms with Gasteiger partial charge in [0.05, 0.1) is 23.9 Å².